The lowest BCUT2D eigenvalue weighted by molar-refractivity contribution is 0.102. The van der Waals surface area contributed by atoms with Crippen molar-refractivity contribution >= 4 is 23.2 Å². The summed E-state index contributed by atoms with van der Waals surface area (Å²) in [5, 5.41) is 3.68. The number of hydrogen-bond acceptors (Lipinski definition) is 2. The van der Waals surface area contributed by atoms with Crippen LogP contribution >= 0.6 is 11.6 Å². The van der Waals surface area contributed by atoms with E-state index in [-0.39, 0.29) is 5.91 Å². The summed E-state index contributed by atoms with van der Waals surface area (Å²) in [6, 6.07) is 6.18. The van der Waals surface area contributed by atoms with E-state index in [9.17, 15) is 4.79 Å². The Morgan fingerprint density at radius 3 is 2.44 bits per heavy atom. The topological polar surface area (TPSA) is 42.0 Å². The van der Waals surface area contributed by atoms with Crippen LogP contribution in [0.2, 0.25) is 5.02 Å². The van der Waals surface area contributed by atoms with Crippen LogP contribution in [0.15, 0.2) is 30.9 Å². The van der Waals surface area contributed by atoms with Gasteiger partial charge in [0.1, 0.15) is 0 Å². The van der Waals surface area contributed by atoms with E-state index in [2.05, 4.69) is 37.9 Å². The molecule has 0 spiro atoms. The molecule has 0 atom stereocenters. The van der Waals surface area contributed by atoms with Crippen molar-refractivity contribution in [1.29, 1.82) is 0 Å². The number of pyridine rings is 1. The lowest BCUT2D eigenvalue weighted by Gasteiger charge is -2.18. The number of anilines is 1. The van der Waals surface area contributed by atoms with Gasteiger partial charge in [0.05, 0.1) is 16.3 Å². The minimum Gasteiger partial charge on any atom is -0.321 e. The number of nitrogens with zero attached hydrogens (tertiary/aromatic N) is 1. The fourth-order valence-electron chi connectivity index (χ4n) is 3.56. The first-order valence-corrected chi connectivity index (χ1v) is 10.1. The third-order valence-corrected chi connectivity index (χ3v) is 5.66. The second-order valence-electron chi connectivity index (χ2n) is 7.13. The minimum atomic E-state index is -0.157. The van der Waals surface area contributed by atoms with Crippen LogP contribution in [0.4, 0.5) is 5.69 Å². The molecule has 1 amide bonds. The van der Waals surface area contributed by atoms with E-state index in [1.54, 1.807) is 6.08 Å². The SMILES string of the molecule is C=CCc1c(C)nc(C2CC2)c(C(=O)Nc2c(CC)cccc2CC)c1Cl. The fourth-order valence-corrected chi connectivity index (χ4v) is 3.95. The first-order chi connectivity index (χ1) is 13.0. The number of para-hydroxylation sites is 1. The highest BCUT2D eigenvalue weighted by molar-refractivity contribution is 6.35. The molecule has 1 heterocycles. The Morgan fingerprint density at radius 1 is 1.30 bits per heavy atom. The highest BCUT2D eigenvalue weighted by Crippen LogP contribution is 2.43. The number of hydrogen-bond donors (Lipinski definition) is 1. The normalized spacial score (nSPS) is 13.5. The zero-order chi connectivity index (χ0) is 19.6. The van der Waals surface area contributed by atoms with Crippen LogP contribution in [0, 0.1) is 6.92 Å². The molecule has 27 heavy (non-hydrogen) atoms. The van der Waals surface area contributed by atoms with Crippen LogP contribution < -0.4 is 5.32 Å². The van der Waals surface area contributed by atoms with Crippen LogP contribution in [-0.2, 0) is 19.3 Å². The molecular weight excluding hydrogens is 356 g/mol. The van der Waals surface area contributed by atoms with Crippen molar-refractivity contribution < 1.29 is 4.79 Å². The number of aromatic nitrogens is 1. The van der Waals surface area contributed by atoms with Crippen molar-refractivity contribution in [2.75, 3.05) is 5.32 Å². The summed E-state index contributed by atoms with van der Waals surface area (Å²) in [4.78, 5) is 18.1. The largest absolute Gasteiger partial charge is 0.321 e. The van der Waals surface area contributed by atoms with E-state index >= 15 is 0 Å². The van der Waals surface area contributed by atoms with Gasteiger partial charge >= 0.3 is 0 Å². The summed E-state index contributed by atoms with van der Waals surface area (Å²) in [6.07, 6.45) is 6.26. The van der Waals surface area contributed by atoms with E-state index in [1.165, 1.54) is 0 Å². The molecule has 2 aromatic rings. The maximum absolute atomic E-state index is 13.3. The lowest BCUT2D eigenvalue weighted by atomic mass is 10.00. The summed E-state index contributed by atoms with van der Waals surface area (Å²) < 4.78 is 0. The Morgan fingerprint density at radius 2 is 1.93 bits per heavy atom. The van der Waals surface area contributed by atoms with Gasteiger partial charge in [0.2, 0.25) is 0 Å². The number of aryl methyl sites for hydroxylation is 3. The van der Waals surface area contributed by atoms with Crippen molar-refractivity contribution in [1.82, 2.24) is 4.98 Å². The molecule has 1 aliphatic carbocycles. The molecular formula is C23H27ClN2O. The third kappa shape index (κ3) is 3.93. The summed E-state index contributed by atoms with van der Waals surface area (Å²) in [7, 11) is 0. The second-order valence-corrected chi connectivity index (χ2v) is 7.51. The van der Waals surface area contributed by atoms with E-state index in [1.807, 2.05) is 13.0 Å². The van der Waals surface area contributed by atoms with Crippen LogP contribution in [0.5, 0.6) is 0 Å². The third-order valence-electron chi connectivity index (χ3n) is 5.24. The molecule has 0 radical (unpaired) electrons. The fraction of sp³-hybridized carbons (Fsp3) is 0.391. The minimum absolute atomic E-state index is 0.157. The van der Waals surface area contributed by atoms with Gasteiger partial charge in [-0.05, 0) is 55.7 Å². The highest BCUT2D eigenvalue weighted by atomic mass is 35.5. The molecule has 1 aromatic heterocycles. The number of rotatable bonds is 7. The molecule has 4 heteroatoms. The molecule has 0 unspecified atom stereocenters. The number of allylic oxidation sites excluding steroid dienone is 1. The van der Waals surface area contributed by atoms with Crippen molar-refractivity contribution in [2.24, 2.45) is 0 Å². The molecule has 1 aliphatic rings. The summed E-state index contributed by atoms with van der Waals surface area (Å²) in [5.41, 5.74) is 6.35. The van der Waals surface area contributed by atoms with E-state index in [0.29, 0.717) is 22.9 Å². The molecule has 1 aromatic carbocycles. The highest BCUT2D eigenvalue weighted by Gasteiger charge is 2.33. The average Bonchev–Trinajstić information content (AvgIpc) is 3.49. The quantitative estimate of drug-likeness (QED) is 0.594. The molecule has 1 saturated carbocycles. The first-order valence-electron chi connectivity index (χ1n) is 9.73. The van der Waals surface area contributed by atoms with Crippen LogP contribution in [-0.4, -0.2) is 10.9 Å². The smallest absolute Gasteiger partial charge is 0.259 e. The summed E-state index contributed by atoms with van der Waals surface area (Å²) in [6.45, 7) is 9.97. The number of carbonyl (C=O) groups excluding carboxylic acids is 1. The number of carbonyl (C=O) groups is 1. The van der Waals surface area contributed by atoms with Crippen molar-refractivity contribution in [2.45, 2.75) is 58.8 Å². The monoisotopic (exact) mass is 382 g/mol. The van der Waals surface area contributed by atoms with Crippen molar-refractivity contribution in [3.8, 4) is 0 Å². The maximum atomic E-state index is 13.3. The van der Waals surface area contributed by atoms with Crippen molar-refractivity contribution in [3.63, 3.8) is 0 Å². The van der Waals surface area contributed by atoms with Crippen LogP contribution in [0.3, 0.4) is 0 Å². The molecule has 1 N–H and O–H groups in total. The van der Waals surface area contributed by atoms with Gasteiger partial charge in [-0.2, -0.15) is 0 Å². The van der Waals surface area contributed by atoms with Gasteiger partial charge in [-0.3, -0.25) is 9.78 Å². The molecule has 3 nitrogen and oxygen atoms in total. The Kier molecular flexibility index (Phi) is 6.01. The van der Waals surface area contributed by atoms with Gasteiger partial charge in [-0.1, -0.05) is 49.7 Å². The van der Waals surface area contributed by atoms with Gasteiger partial charge in [-0.25, -0.2) is 0 Å². The maximum Gasteiger partial charge on any atom is 0.259 e. The predicted octanol–water partition coefficient (Wildman–Crippen LogP) is 6.03. The van der Waals surface area contributed by atoms with Gasteiger partial charge in [-0.15, -0.1) is 6.58 Å². The average molecular weight is 383 g/mol. The molecule has 0 saturated heterocycles. The van der Waals surface area contributed by atoms with Gasteiger partial charge in [0.15, 0.2) is 0 Å². The summed E-state index contributed by atoms with van der Waals surface area (Å²) >= 11 is 6.73. The molecule has 3 rings (SSSR count). The second kappa shape index (κ2) is 8.26. The lowest BCUT2D eigenvalue weighted by Crippen LogP contribution is -2.19. The number of benzene rings is 1. The van der Waals surface area contributed by atoms with E-state index in [0.717, 1.165) is 59.4 Å². The number of halogens is 1. The number of nitrogens with one attached hydrogen (secondary N) is 1. The van der Waals surface area contributed by atoms with Gasteiger partial charge in [0.25, 0.3) is 5.91 Å². The van der Waals surface area contributed by atoms with Crippen molar-refractivity contribution in [3.05, 3.63) is 69.5 Å². The van der Waals surface area contributed by atoms with Gasteiger partial charge < -0.3 is 5.32 Å². The zero-order valence-electron chi connectivity index (χ0n) is 16.4. The molecule has 0 aliphatic heterocycles. The zero-order valence-corrected chi connectivity index (χ0v) is 17.1. The summed E-state index contributed by atoms with van der Waals surface area (Å²) in [5.74, 6) is 0.183. The standard InChI is InChI=1S/C23H27ClN2O/c1-5-9-18-14(4)25-22(17-12-13-17)19(20(18)24)23(27)26-21-15(6-2)10-8-11-16(21)7-3/h5,8,10-11,17H,1,6-7,9,12-13H2,2-4H3,(H,26,27). The first kappa shape index (κ1) is 19.6. The molecule has 142 valence electrons. The Hall–Kier alpha value is -2.13. The van der Waals surface area contributed by atoms with E-state index < -0.39 is 0 Å². The Balaban J connectivity index is 2.07. The number of amides is 1. The Bertz CT molecular complexity index is 862. The van der Waals surface area contributed by atoms with E-state index in [4.69, 9.17) is 16.6 Å². The molecule has 1 fully saturated rings. The van der Waals surface area contributed by atoms with Crippen LogP contribution in [0.1, 0.15) is 71.0 Å². The molecule has 0 bridgehead atoms. The van der Waals surface area contributed by atoms with Crippen LogP contribution in [0.25, 0.3) is 0 Å². The Labute approximate surface area is 166 Å². The van der Waals surface area contributed by atoms with Gasteiger partial charge in [0, 0.05) is 17.3 Å². The predicted molar refractivity (Wildman–Crippen MR) is 113 cm³/mol.